The Kier molecular flexibility index (Phi) is 5.59. The van der Waals surface area contributed by atoms with Gasteiger partial charge in [0.2, 0.25) is 0 Å². The van der Waals surface area contributed by atoms with E-state index in [1.807, 2.05) is 0 Å². The van der Waals surface area contributed by atoms with Gasteiger partial charge in [-0.05, 0) is 6.42 Å². The molecule has 0 fully saturated rings. The molecule has 0 aliphatic rings. The van der Waals surface area contributed by atoms with E-state index in [0.717, 1.165) is 11.2 Å². The monoisotopic (exact) mass is 285 g/mol. The molecule has 1 atom stereocenters. The van der Waals surface area contributed by atoms with Gasteiger partial charge in [0.05, 0.1) is 12.7 Å². The van der Waals surface area contributed by atoms with Crippen molar-refractivity contribution in [3.63, 3.8) is 0 Å². The van der Waals surface area contributed by atoms with Gasteiger partial charge in [-0.25, -0.2) is 14.9 Å². The van der Waals surface area contributed by atoms with Gasteiger partial charge in [0.1, 0.15) is 17.6 Å². The third-order valence-corrected chi connectivity index (χ3v) is 2.35. The van der Waals surface area contributed by atoms with Crippen LogP contribution in [0.1, 0.15) is 16.9 Å². The Labute approximate surface area is 114 Å². The molecule has 1 amide bonds. The predicted molar refractivity (Wildman–Crippen MR) is 67.3 cm³/mol. The molecule has 110 valence electrons. The number of carbonyl (C=O) groups is 2. The summed E-state index contributed by atoms with van der Waals surface area (Å²) < 4.78 is 14.9. The molecule has 0 aromatic carbocycles. The topological polar surface area (TPSA) is 146 Å². The molecule has 1 unspecified atom stereocenters. The standard InChI is InChI=1S/C10H16FN7O2/c11-7(3-18-4-8(6-19)15-16-18)1-2-17(14)5-9(12)10(13)20/h4-7H,1-3,12,14H2,(H2,13,20)/b9-5-. The number of amides is 1. The molecule has 10 heteroatoms. The first-order valence-corrected chi connectivity index (χ1v) is 5.70. The lowest BCUT2D eigenvalue weighted by molar-refractivity contribution is -0.114. The maximum absolute atomic E-state index is 13.7. The molecule has 1 aromatic heterocycles. The minimum atomic E-state index is -1.24. The number of rotatable bonds is 8. The highest BCUT2D eigenvalue weighted by molar-refractivity contribution is 5.90. The smallest absolute Gasteiger partial charge is 0.266 e. The van der Waals surface area contributed by atoms with Crippen LogP contribution in [-0.4, -0.2) is 44.9 Å². The number of alkyl halides is 1. The molecule has 0 saturated heterocycles. The molecule has 1 aromatic rings. The second-order valence-corrected chi connectivity index (χ2v) is 4.06. The van der Waals surface area contributed by atoms with Gasteiger partial charge in [-0.15, -0.1) is 5.10 Å². The van der Waals surface area contributed by atoms with Gasteiger partial charge in [0.25, 0.3) is 5.91 Å². The minimum Gasteiger partial charge on any atom is -0.393 e. The molecule has 0 spiro atoms. The zero-order valence-electron chi connectivity index (χ0n) is 10.6. The number of hydrogen-bond donors (Lipinski definition) is 3. The van der Waals surface area contributed by atoms with Crippen molar-refractivity contribution in [2.75, 3.05) is 6.54 Å². The third-order valence-electron chi connectivity index (χ3n) is 2.35. The van der Waals surface area contributed by atoms with Gasteiger partial charge in [-0.2, -0.15) is 0 Å². The summed E-state index contributed by atoms with van der Waals surface area (Å²) in [7, 11) is 0. The van der Waals surface area contributed by atoms with E-state index in [9.17, 15) is 14.0 Å². The molecule has 0 radical (unpaired) electrons. The first-order chi connectivity index (χ1) is 9.42. The number of nitrogens with two attached hydrogens (primary N) is 3. The molecule has 0 bridgehead atoms. The highest BCUT2D eigenvalue weighted by Crippen LogP contribution is 2.03. The van der Waals surface area contributed by atoms with E-state index in [1.165, 1.54) is 10.9 Å². The molecule has 20 heavy (non-hydrogen) atoms. The minimum absolute atomic E-state index is 0.0519. The van der Waals surface area contributed by atoms with E-state index < -0.39 is 12.1 Å². The van der Waals surface area contributed by atoms with E-state index in [0.29, 0.717) is 6.29 Å². The van der Waals surface area contributed by atoms with Crippen LogP contribution >= 0.6 is 0 Å². The maximum atomic E-state index is 13.7. The van der Waals surface area contributed by atoms with E-state index in [1.54, 1.807) is 0 Å². The number of hydrogen-bond acceptors (Lipinski definition) is 7. The zero-order chi connectivity index (χ0) is 15.1. The highest BCUT2D eigenvalue weighted by atomic mass is 19.1. The van der Waals surface area contributed by atoms with Crippen LogP contribution in [0, 0.1) is 0 Å². The average Bonchev–Trinajstić information content (AvgIpc) is 2.83. The summed E-state index contributed by atoms with van der Waals surface area (Å²) in [6.45, 7) is 0.0775. The van der Waals surface area contributed by atoms with E-state index in [2.05, 4.69) is 10.3 Å². The summed E-state index contributed by atoms with van der Waals surface area (Å²) in [6.07, 6.45) is 1.83. The summed E-state index contributed by atoms with van der Waals surface area (Å²) in [6, 6.07) is 0. The summed E-state index contributed by atoms with van der Waals surface area (Å²) >= 11 is 0. The van der Waals surface area contributed by atoms with Gasteiger partial charge in [0.15, 0.2) is 6.29 Å². The van der Waals surface area contributed by atoms with Gasteiger partial charge in [-0.1, -0.05) is 5.21 Å². The molecule has 1 heterocycles. The fraction of sp³-hybridized carbons (Fsp3) is 0.400. The fourth-order valence-corrected chi connectivity index (χ4v) is 1.35. The van der Waals surface area contributed by atoms with Crippen LogP contribution in [0.5, 0.6) is 0 Å². The van der Waals surface area contributed by atoms with Crippen molar-refractivity contribution in [2.45, 2.75) is 19.1 Å². The van der Waals surface area contributed by atoms with Crippen LogP contribution in [0.2, 0.25) is 0 Å². The number of hydrazine groups is 1. The average molecular weight is 285 g/mol. The summed E-state index contributed by atoms with van der Waals surface area (Å²) in [5, 5.41) is 8.16. The highest BCUT2D eigenvalue weighted by Gasteiger charge is 2.11. The van der Waals surface area contributed by atoms with Crippen LogP contribution in [0.4, 0.5) is 4.39 Å². The van der Waals surface area contributed by atoms with Crippen LogP contribution in [0.15, 0.2) is 18.1 Å². The Morgan fingerprint density at radius 3 is 2.80 bits per heavy atom. The van der Waals surface area contributed by atoms with Crippen LogP contribution in [-0.2, 0) is 11.3 Å². The number of halogens is 1. The first kappa shape index (κ1) is 15.6. The summed E-state index contributed by atoms with van der Waals surface area (Å²) in [5.74, 6) is 4.70. The first-order valence-electron chi connectivity index (χ1n) is 5.70. The molecule has 0 saturated carbocycles. The molecular weight excluding hydrogens is 269 g/mol. The Balaban J connectivity index is 2.39. The van der Waals surface area contributed by atoms with Crippen molar-refractivity contribution in [3.8, 4) is 0 Å². The molecule has 0 aliphatic carbocycles. The lowest BCUT2D eigenvalue weighted by atomic mass is 10.2. The van der Waals surface area contributed by atoms with Crippen molar-refractivity contribution in [1.29, 1.82) is 0 Å². The number of aldehydes is 1. The van der Waals surface area contributed by atoms with E-state index in [-0.39, 0.29) is 30.9 Å². The fourth-order valence-electron chi connectivity index (χ4n) is 1.35. The van der Waals surface area contributed by atoms with Crippen molar-refractivity contribution in [2.24, 2.45) is 17.3 Å². The lowest BCUT2D eigenvalue weighted by Gasteiger charge is -2.15. The molecule has 1 rings (SSSR count). The largest absolute Gasteiger partial charge is 0.393 e. The second-order valence-electron chi connectivity index (χ2n) is 4.06. The summed E-state index contributed by atoms with van der Waals surface area (Å²) in [5.41, 5.74) is 10.1. The van der Waals surface area contributed by atoms with Crippen molar-refractivity contribution in [1.82, 2.24) is 20.0 Å². The van der Waals surface area contributed by atoms with Gasteiger partial charge in [0, 0.05) is 12.7 Å². The van der Waals surface area contributed by atoms with E-state index >= 15 is 0 Å². The molecular formula is C10H16FN7O2. The molecule has 9 nitrogen and oxygen atoms in total. The Morgan fingerprint density at radius 1 is 1.55 bits per heavy atom. The van der Waals surface area contributed by atoms with E-state index in [4.69, 9.17) is 17.3 Å². The number of primary amides is 1. The van der Waals surface area contributed by atoms with Gasteiger partial charge in [-0.3, -0.25) is 9.59 Å². The van der Waals surface area contributed by atoms with Crippen LogP contribution < -0.4 is 17.3 Å². The lowest BCUT2D eigenvalue weighted by Crippen LogP contribution is -2.32. The zero-order valence-corrected chi connectivity index (χ0v) is 10.6. The Morgan fingerprint density at radius 2 is 2.25 bits per heavy atom. The normalized spacial score (nSPS) is 13.0. The predicted octanol–water partition coefficient (Wildman–Crippen LogP) is -1.72. The van der Waals surface area contributed by atoms with Crippen molar-refractivity contribution in [3.05, 3.63) is 23.8 Å². The Bertz CT molecular complexity index is 502. The van der Waals surface area contributed by atoms with Crippen molar-refractivity contribution >= 4 is 12.2 Å². The van der Waals surface area contributed by atoms with Crippen molar-refractivity contribution < 1.29 is 14.0 Å². The SMILES string of the molecule is NC(=O)/C(N)=C/N(N)CCC(F)Cn1cc(C=O)nn1. The third kappa shape index (κ3) is 5.02. The quantitative estimate of drug-likeness (QED) is 0.223. The second kappa shape index (κ2) is 7.19. The Hall–Kier alpha value is -2.49. The summed E-state index contributed by atoms with van der Waals surface area (Å²) in [4.78, 5) is 21.1. The molecule has 0 aliphatic heterocycles. The van der Waals surface area contributed by atoms with Crippen LogP contribution in [0.3, 0.4) is 0 Å². The van der Waals surface area contributed by atoms with Crippen LogP contribution in [0.25, 0.3) is 0 Å². The van der Waals surface area contributed by atoms with Gasteiger partial charge < -0.3 is 16.5 Å². The molecule has 6 N–H and O–H groups in total. The number of carbonyl (C=O) groups excluding carboxylic acids is 2. The van der Waals surface area contributed by atoms with Gasteiger partial charge >= 0.3 is 0 Å². The number of nitrogens with zero attached hydrogens (tertiary/aromatic N) is 4. The number of aromatic nitrogens is 3. The maximum Gasteiger partial charge on any atom is 0.266 e.